The third-order valence-corrected chi connectivity index (χ3v) is 3.12. The van der Waals surface area contributed by atoms with E-state index >= 15 is 0 Å². The summed E-state index contributed by atoms with van der Waals surface area (Å²) in [7, 11) is 1.95. The van der Waals surface area contributed by atoms with Gasteiger partial charge >= 0.3 is 0 Å². The summed E-state index contributed by atoms with van der Waals surface area (Å²) in [5.41, 5.74) is 4.21. The highest BCUT2D eigenvalue weighted by Gasteiger charge is 2.13. The van der Waals surface area contributed by atoms with Crippen molar-refractivity contribution in [3.8, 4) is 6.07 Å². The van der Waals surface area contributed by atoms with Crippen LogP contribution in [0.3, 0.4) is 0 Å². The summed E-state index contributed by atoms with van der Waals surface area (Å²) in [5.74, 6) is 0. The largest absolute Gasteiger partial charge is 0.335 e. The quantitative estimate of drug-likeness (QED) is 0.875. The Morgan fingerprint density at radius 2 is 2.18 bits per heavy atom. The molecule has 0 fully saturated rings. The van der Waals surface area contributed by atoms with Gasteiger partial charge in [-0.3, -0.25) is 0 Å². The molecule has 17 heavy (non-hydrogen) atoms. The van der Waals surface area contributed by atoms with E-state index in [0.717, 1.165) is 29.9 Å². The predicted octanol–water partition coefficient (Wildman–Crippen LogP) is 2.47. The van der Waals surface area contributed by atoms with Crippen molar-refractivity contribution < 1.29 is 0 Å². The van der Waals surface area contributed by atoms with E-state index in [4.69, 9.17) is 0 Å². The Labute approximate surface area is 102 Å². The van der Waals surface area contributed by atoms with Crippen molar-refractivity contribution in [1.82, 2.24) is 9.88 Å². The van der Waals surface area contributed by atoms with Gasteiger partial charge in [-0.15, -0.1) is 0 Å². The average Bonchev–Trinajstić information content (AvgIpc) is 2.59. The van der Waals surface area contributed by atoms with Crippen LogP contribution in [0.25, 0.3) is 10.9 Å². The third kappa shape index (κ3) is 1.92. The van der Waals surface area contributed by atoms with Gasteiger partial charge in [0.15, 0.2) is 0 Å². The van der Waals surface area contributed by atoms with E-state index in [1.54, 1.807) is 0 Å². The number of nitrogens with zero attached hydrogens (tertiary/aromatic N) is 2. The van der Waals surface area contributed by atoms with E-state index in [-0.39, 0.29) is 0 Å². The van der Waals surface area contributed by atoms with Crippen LogP contribution in [-0.2, 0) is 13.6 Å². The number of aryl methyl sites for hydroxylation is 2. The maximum atomic E-state index is 9.27. The van der Waals surface area contributed by atoms with Gasteiger partial charge in [-0.1, -0.05) is 19.1 Å². The van der Waals surface area contributed by atoms with Crippen LogP contribution in [0.2, 0.25) is 0 Å². The first-order chi connectivity index (χ1) is 8.19. The van der Waals surface area contributed by atoms with Gasteiger partial charge in [-0.25, -0.2) is 0 Å². The zero-order valence-electron chi connectivity index (χ0n) is 10.5. The maximum Gasteiger partial charge on any atom is 0.125 e. The molecule has 88 valence electrons. The molecule has 1 heterocycles. The fourth-order valence-corrected chi connectivity index (χ4v) is 2.20. The number of aromatic nitrogens is 1. The van der Waals surface area contributed by atoms with E-state index in [9.17, 15) is 5.26 Å². The summed E-state index contributed by atoms with van der Waals surface area (Å²) in [6.07, 6.45) is 0. The first-order valence-corrected chi connectivity index (χ1v) is 5.87. The van der Waals surface area contributed by atoms with Gasteiger partial charge < -0.3 is 9.88 Å². The number of hydrogen-bond donors (Lipinski definition) is 1. The molecule has 0 aliphatic carbocycles. The van der Waals surface area contributed by atoms with Crippen LogP contribution in [0, 0.1) is 18.3 Å². The molecule has 1 aromatic carbocycles. The summed E-state index contributed by atoms with van der Waals surface area (Å²) in [6, 6.07) is 8.64. The van der Waals surface area contributed by atoms with E-state index < -0.39 is 0 Å². The van der Waals surface area contributed by atoms with Gasteiger partial charge in [0.25, 0.3) is 0 Å². The van der Waals surface area contributed by atoms with Crippen molar-refractivity contribution in [3.63, 3.8) is 0 Å². The van der Waals surface area contributed by atoms with E-state index in [1.807, 2.05) is 11.6 Å². The van der Waals surface area contributed by atoms with Crippen LogP contribution in [-0.4, -0.2) is 11.1 Å². The van der Waals surface area contributed by atoms with Gasteiger partial charge in [0.05, 0.1) is 0 Å². The molecule has 0 atom stereocenters. The number of rotatable bonds is 3. The Bertz CT molecular complexity index is 588. The van der Waals surface area contributed by atoms with Gasteiger partial charge in [0.1, 0.15) is 11.8 Å². The van der Waals surface area contributed by atoms with E-state index in [0.29, 0.717) is 0 Å². The summed E-state index contributed by atoms with van der Waals surface area (Å²) >= 11 is 0. The van der Waals surface area contributed by atoms with Gasteiger partial charge in [0.2, 0.25) is 0 Å². The van der Waals surface area contributed by atoms with Gasteiger partial charge in [0, 0.05) is 30.1 Å². The zero-order chi connectivity index (χ0) is 12.4. The summed E-state index contributed by atoms with van der Waals surface area (Å²) in [5, 5.41) is 13.7. The minimum Gasteiger partial charge on any atom is -0.335 e. The minimum absolute atomic E-state index is 0.750. The van der Waals surface area contributed by atoms with Crippen molar-refractivity contribution in [2.45, 2.75) is 20.4 Å². The highest BCUT2D eigenvalue weighted by molar-refractivity contribution is 5.87. The Hall–Kier alpha value is -1.79. The fraction of sp³-hybridized carbons (Fsp3) is 0.357. The smallest absolute Gasteiger partial charge is 0.125 e. The van der Waals surface area contributed by atoms with Crippen LogP contribution in [0.4, 0.5) is 0 Å². The van der Waals surface area contributed by atoms with E-state index in [1.165, 1.54) is 10.9 Å². The highest BCUT2D eigenvalue weighted by Crippen LogP contribution is 2.25. The Kier molecular flexibility index (Phi) is 3.16. The van der Waals surface area contributed by atoms with Crippen LogP contribution >= 0.6 is 0 Å². The van der Waals surface area contributed by atoms with Crippen LogP contribution in [0.1, 0.15) is 23.7 Å². The van der Waals surface area contributed by atoms with Crippen LogP contribution < -0.4 is 5.32 Å². The molecule has 0 spiro atoms. The van der Waals surface area contributed by atoms with Crippen molar-refractivity contribution in [2.75, 3.05) is 6.54 Å². The molecule has 0 bridgehead atoms. The van der Waals surface area contributed by atoms with Crippen molar-refractivity contribution in [2.24, 2.45) is 7.05 Å². The molecule has 0 aliphatic rings. The molecule has 0 radical (unpaired) electrons. The summed E-state index contributed by atoms with van der Waals surface area (Å²) < 4.78 is 1.98. The average molecular weight is 227 g/mol. The van der Waals surface area contributed by atoms with Crippen LogP contribution in [0.5, 0.6) is 0 Å². The van der Waals surface area contributed by atoms with Crippen molar-refractivity contribution in [1.29, 1.82) is 5.26 Å². The second-order valence-electron chi connectivity index (χ2n) is 4.30. The molecule has 0 amide bonds. The predicted molar refractivity (Wildman–Crippen MR) is 69.8 cm³/mol. The van der Waals surface area contributed by atoms with E-state index in [2.05, 4.69) is 43.4 Å². The Balaban J connectivity index is 2.67. The molecule has 1 N–H and O–H groups in total. The molecule has 1 aromatic heterocycles. The zero-order valence-corrected chi connectivity index (χ0v) is 10.5. The van der Waals surface area contributed by atoms with Gasteiger partial charge in [-0.05, 0) is 25.1 Å². The lowest BCUT2D eigenvalue weighted by Gasteiger charge is -2.01. The summed E-state index contributed by atoms with van der Waals surface area (Å²) in [6.45, 7) is 5.80. The molecule has 3 nitrogen and oxygen atoms in total. The number of fused-ring (bicyclic) bond motifs is 1. The number of hydrogen-bond acceptors (Lipinski definition) is 2. The molecule has 0 saturated carbocycles. The van der Waals surface area contributed by atoms with Crippen LogP contribution in [0.15, 0.2) is 18.2 Å². The fourth-order valence-electron chi connectivity index (χ4n) is 2.20. The van der Waals surface area contributed by atoms with Gasteiger partial charge in [-0.2, -0.15) is 5.26 Å². The molecule has 3 heteroatoms. The van der Waals surface area contributed by atoms with Crippen molar-refractivity contribution >= 4 is 10.9 Å². The molecule has 2 rings (SSSR count). The number of benzene rings is 1. The first-order valence-electron chi connectivity index (χ1n) is 5.87. The second kappa shape index (κ2) is 4.60. The molecular weight excluding hydrogens is 210 g/mol. The number of nitriles is 1. The minimum atomic E-state index is 0.750. The molecular formula is C14H17N3. The summed E-state index contributed by atoms with van der Waals surface area (Å²) in [4.78, 5) is 0. The maximum absolute atomic E-state index is 9.27. The topological polar surface area (TPSA) is 40.8 Å². The lowest BCUT2D eigenvalue weighted by molar-refractivity contribution is 0.725. The lowest BCUT2D eigenvalue weighted by atomic mass is 10.1. The third-order valence-electron chi connectivity index (χ3n) is 3.12. The SMILES string of the molecule is CCNCc1c(C#N)n(C)c2cc(C)ccc12. The Morgan fingerprint density at radius 3 is 2.82 bits per heavy atom. The first kappa shape index (κ1) is 11.7. The molecule has 0 saturated heterocycles. The normalized spacial score (nSPS) is 10.7. The molecule has 2 aromatic rings. The standard InChI is InChI=1S/C14H17N3/c1-4-16-9-12-11-6-5-10(2)7-13(11)17(3)14(12)8-15/h5-7,16H,4,9H2,1-3H3. The molecule has 0 unspecified atom stereocenters. The highest BCUT2D eigenvalue weighted by atomic mass is 15.0. The number of nitrogens with one attached hydrogen (secondary N) is 1. The molecule has 0 aliphatic heterocycles. The Morgan fingerprint density at radius 1 is 1.41 bits per heavy atom. The second-order valence-corrected chi connectivity index (χ2v) is 4.30. The monoisotopic (exact) mass is 227 g/mol. The lowest BCUT2D eigenvalue weighted by Crippen LogP contribution is -2.12. The van der Waals surface area contributed by atoms with Crippen molar-refractivity contribution in [3.05, 3.63) is 35.0 Å².